The molecule has 0 aromatic heterocycles. The molecule has 174 valence electrons. The maximum atomic E-state index is 13.8. The predicted octanol–water partition coefficient (Wildman–Crippen LogP) is 2.95. The van der Waals surface area contributed by atoms with Crippen molar-refractivity contribution in [2.45, 2.75) is 44.4 Å². The first-order valence-corrected chi connectivity index (χ1v) is 11.6. The van der Waals surface area contributed by atoms with E-state index in [9.17, 15) is 22.4 Å². The number of nitrogens with one attached hydrogen (secondary N) is 2. The van der Waals surface area contributed by atoms with Crippen LogP contribution in [0.15, 0.2) is 41.3 Å². The molecule has 0 heterocycles. The number of carboxylic acids is 1. The third-order valence-electron chi connectivity index (χ3n) is 5.12. The monoisotopic (exact) mass is 466 g/mol. The van der Waals surface area contributed by atoms with Gasteiger partial charge in [-0.15, -0.1) is 0 Å². The molecule has 0 spiro atoms. The largest absolute Gasteiger partial charge is 0.478 e. The standard InChI is InChI=1S/C22H27FN2O6S/c1-14-10-16(11-15(2)20(14)23)12-17(21(26)25-29)6-3-4-9-24-32(30,31)19-8-5-7-18(13-19)22(27)28/h5,7-8,10-11,13,17,24,29H,3-4,6,9,12H2,1-2H3,(H,25,26)(H,27,28)/t17-/m0/s1. The first-order chi connectivity index (χ1) is 15.0. The SMILES string of the molecule is Cc1cc(C[C@H](CCCCNS(=O)(=O)c2cccc(C(=O)O)c2)C(=O)NO)cc(C)c1F. The number of amides is 1. The van der Waals surface area contributed by atoms with Crippen LogP contribution < -0.4 is 10.2 Å². The molecule has 32 heavy (non-hydrogen) atoms. The van der Waals surface area contributed by atoms with Gasteiger partial charge in [0.05, 0.1) is 10.5 Å². The molecule has 0 unspecified atom stereocenters. The minimum absolute atomic E-state index is 0.0991. The molecule has 0 saturated carbocycles. The van der Waals surface area contributed by atoms with Crippen molar-refractivity contribution in [2.24, 2.45) is 5.92 Å². The highest BCUT2D eigenvalue weighted by molar-refractivity contribution is 7.89. The van der Waals surface area contributed by atoms with E-state index in [4.69, 9.17) is 10.3 Å². The fourth-order valence-corrected chi connectivity index (χ4v) is 4.58. The molecule has 0 saturated heterocycles. The van der Waals surface area contributed by atoms with Gasteiger partial charge >= 0.3 is 5.97 Å². The average Bonchev–Trinajstić information content (AvgIpc) is 2.75. The Morgan fingerprint density at radius 3 is 2.34 bits per heavy atom. The van der Waals surface area contributed by atoms with Crippen LogP contribution in [0.5, 0.6) is 0 Å². The second kappa shape index (κ2) is 11.2. The number of rotatable bonds is 11. The Hall–Kier alpha value is -2.82. The summed E-state index contributed by atoms with van der Waals surface area (Å²) in [5, 5.41) is 18.0. The van der Waals surface area contributed by atoms with Gasteiger partial charge in [-0.3, -0.25) is 10.0 Å². The summed E-state index contributed by atoms with van der Waals surface area (Å²) in [4.78, 5) is 22.9. The van der Waals surface area contributed by atoms with E-state index in [1.807, 2.05) is 0 Å². The van der Waals surface area contributed by atoms with Crippen molar-refractivity contribution in [3.8, 4) is 0 Å². The van der Waals surface area contributed by atoms with Gasteiger partial charge in [-0.2, -0.15) is 0 Å². The van der Waals surface area contributed by atoms with E-state index in [0.717, 1.165) is 11.6 Å². The number of halogens is 1. The summed E-state index contributed by atoms with van der Waals surface area (Å²) in [6.07, 6.45) is 1.61. The summed E-state index contributed by atoms with van der Waals surface area (Å²) < 4.78 is 41.0. The molecule has 0 fully saturated rings. The van der Waals surface area contributed by atoms with Crippen molar-refractivity contribution in [2.75, 3.05) is 6.54 Å². The third-order valence-corrected chi connectivity index (χ3v) is 6.58. The molecule has 8 nitrogen and oxygen atoms in total. The van der Waals surface area contributed by atoms with Crippen LogP contribution in [0.1, 0.15) is 46.3 Å². The molecule has 2 aromatic carbocycles. The summed E-state index contributed by atoms with van der Waals surface area (Å²) in [6, 6.07) is 8.38. The lowest BCUT2D eigenvalue weighted by Crippen LogP contribution is -2.30. The van der Waals surface area contributed by atoms with Gasteiger partial charge in [-0.05, 0) is 68.0 Å². The minimum atomic E-state index is -3.87. The lowest BCUT2D eigenvalue weighted by atomic mass is 9.92. The van der Waals surface area contributed by atoms with Crippen LogP contribution in [0.3, 0.4) is 0 Å². The summed E-state index contributed by atoms with van der Waals surface area (Å²) in [5.41, 5.74) is 3.25. The van der Waals surface area contributed by atoms with E-state index in [1.165, 1.54) is 18.2 Å². The highest BCUT2D eigenvalue weighted by Gasteiger charge is 2.20. The zero-order valence-electron chi connectivity index (χ0n) is 17.9. The number of benzene rings is 2. The van der Waals surface area contributed by atoms with Crippen molar-refractivity contribution < 1.29 is 32.7 Å². The van der Waals surface area contributed by atoms with E-state index < -0.39 is 27.8 Å². The van der Waals surface area contributed by atoms with E-state index in [1.54, 1.807) is 31.5 Å². The summed E-state index contributed by atoms with van der Waals surface area (Å²) in [7, 11) is -3.87. The number of unbranched alkanes of at least 4 members (excludes halogenated alkanes) is 1. The van der Waals surface area contributed by atoms with Gasteiger partial charge < -0.3 is 5.11 Å². The van der Waals surface area contributed by atoms with Gasteiger partial charge in [0.1, 0.15) is 5.82 Å². The number of hydrogen-bond donors (Lipinski definition) is 4. The van der Waals surface area contributed by atoms with E-state index in [2.05, 4.69) is 4.72 Å². The highest BCUT2D eigenvalue weighted by atomic mass is 32.2. The Labute approximate surface area is 186 Å². The second-order valence-electron chi connectivity index (χ2n) is 7.65. The van der Waals surface area contributed by atoms with Crippen LogP contribution >= 0.6 is 0 Å². The van der Waals surface area contributed by atoms with Gasteiger partial charge in [0, 0.05) is 12.5 Å². The molecular weight excluding hydrogens is 439 g/mol. The number of aryl methyl sites for hydroxylation is 2. The molecule has 0 bridgehead atoms. The van der Waals surface area contributed by atoms with Crippen LogP contribution in [0.2, 0.25) is 0 Å². The zero-order chi connectivity index (χ0) is 23.9. The smallest absolute Gasteiger partial charge is 0.335 e. The van der Waals surface area contributed by atoms with E-state index in [0.29, 0.717) is 36.8 Å². The molecule has 2 aromatic rings. The molecule has 4 N–H and O–H groups in total. The van der Waals surface area contributed by atoms with Gasteiger partial charge in [-0.1, -0.05) is 24.6 Å². The first kappa shape index (κ1) is 25.4. The van der Waals surface area contributed by atoms with E-state index >= 15 is 0 Å². The predicted molar refractivity (Wildman–Crippen MR) is 115 cm³/mol. The maximum Gasteiger partial charge on any atom is 0.335 e. The number of carboxylic acid groups (broad SMARTS) is 1. The molecule has 0 aliphatic heterocycles. The first-order valence-electron chi connectivity index (χ1n) is 10.1. The molecule has 0 aliphatic carbocycles. The number of sulfonamides is 1. The molecule has 0 radical (unpaired) electrons. The molecular formula is C22H27FN2O6S. The quantitative estimate of drug-likeness (QED) is 0.229. The number of hydrogen-bond acceptors (Lipinski definition) is 5. The lowest BCUT2D eigenvalue weighted by Gasteiger charge is -2.16. The van der Waals surface area contributed by atoms with Crippen LogP contribution in [0.4, 0.5) is 4.39 Å². The number of carbonyl (C=O) groups excluding carboxylic acids is 1. The summed E-state index contributed by atoms with van der Waals surface area (Å²) in [5.74, 6) is -2.64. The van der Waals surface area contributed by atoms with Gasteiger partial charge in [-0.25, -0.2) is 27.8 Å². The molecule has 2 rings (SSSR count). The Kier molecular flexibility index (Phi) is 8.88. The molecule has 1 amide bonds. The van der Waals surface area contributed by atoms with Crippen LogP contribution in [0.25, 0.3) is 0 Å². The van der Waals surface area contributed by atoms with Gasteiger partial charge in [0.25, 0.3) is 0 Å². The Bertz CT molecular complexity index is 1060. The van der Waals surface area contributed by atoms with Crippen LogP contribution in [0, 0.1) is 25.6 Å². The zero-order valence-corrected chi connectivity index (χ0v) is 18.7. The Morgan fingerprint density at radius 2 is 1.75 bits per heavy atom. The van der Waals surface area contributed by atoms with Crippen molar-refractivity contribution in [1.82, 2.24) is 10.2 Å². The molecule has 0 aliphatic rings. The van der Waals surface area contributed by atoms with Crippen molar-refractivity contribution in [1.29, 1.82) is 0 Å². The third kappa shape index (κ3) is 6.84. The van der Waals surface area contributed by atoms with Gasteiger partial charge in [0.2, 0.25) is 15.9 Å². The summed E-state index contributed by atoms with van der Waals surface area (Å²) in [6.45, 7) is 3.39. The topological polar surface area (TPSA) is 133 Å². The Balaban J connectivity index is 1.92. The van der Waals surface area contributed by atoms with Crippen molar-refractivity contribution in [3.05, 3.63) is 64.5 Å². The number of hydroxylamine groups is 1. The maximum absolute atomic E-state index is 13.8. The van der Waals surface area contributed by atoms with Crippen molar-refractivity contribution in [3.63, 3.8) is 0 Å². The fourth-order valence-electron chi connectivity index (χ4n) is 3.46. The summed E-state index contributed by atoms with van der Waals surface area (Å²) >= 11 is 0. The fraction of sp³-hybridized carbons (Fsp3) is 0.364. The highest BCUT2D eigenvalue weighted by Crippen LogP contribution is 2.21. The second-order valence-corrected chi connectivity index (χ2v) is 9.41. The molecule has 10 heteroatoms. The number of carbonyl (C=O) groups is 2. The number of aromatic carboxylic acids is 1. The normalized spacial score (nSPS) is 12.4. The van der Waals surface area contributed by atoms with Crippen molar-refractivity contribution >= 4 is 21.9 Å². The van der Waals surface area contributed by atoms with Crippen LogP contribution in [-0.2, 0) is 21.2 Å². The molecule has 1 atom stereocenters. The lowest BCUT2D eigenvalue weighted by molar-refractivity contribution is -0.133. The average molecular weight is 467 g/mol. The van der Waals surface area contributed by atoms with Crippen LogP contribution in [-0.4, -0.2) is 37.2 Å². The van der Waals surface area contributed by atoms with Gasteiger partial charge in [0.15, 0.2) is 0 Å². The van der Waals surface area contributed by atoms with E-state index in [-0.39, 0.29) is 22.8 Å². The minimum Gasteiger partial charge on any atom is -0.478 e. The Morgan fingerprint density at radius 1 is 1.09 bits per heavy atom.